The summed E-state index contributed by atoms with van der Waals surface area (Å²) in [5, 5.41) is 19.8. The third-order valence-electron chi connectivity index (χ3n) is 4.09. The van der Waals surface area contributed by atoms with E-state index in [1.807, 2.05) is 0 Å². The molecule has 30 heavy (non-hydrogen) atoms. The fourth-order valence-corrected chi connectivity index (χ4v) is 3.40. The van der Waals surface area contributed by atoms with Gasteiger partial charge in [-0.25, -0.2) is 17.9 Å². The Hall–Kier alpha value is -3.25. The Morgan fingerprint density at radius 3 is 2.03 bits per heavy atom. The molecule has 0 unspecified atom stereocenters. The van der Waals surface area contributed by atoms with Crippen LogP contribution in [-0.4, -0.2) is 24.2 Å². The van der Waals surface area contributed by atoms with Gasteiger partial charge in [-0.15, -0.1) is 0 Å². The van der Waals surface area contributed by atoms with Crippen molar-refractivity contribution in [1.82, 2.24) is 9.78 Å². The topological polar surface area (TPSA) is 118 Å². The smallest absolute Gasteiger partial charge is 0.433 e. The van der Waals surface area contributed by atoms with Gasteiger partial charge in [0.15, 0.2) is 5.69 Å². The van der Waals surface area contributed by atoms with Crippen LogP contribution in [0, 0.1) is 5.82 Å². The Labute approximate surface area is 167 Å². The van der Waals surface area contributed by atoms with Gasteiger partial charge in [0.25, 0.3) is 0 Å². The van der Waals surface area contributed by atoms with Crippen molar-refractivity contribution in [3.8, 4) is 22.4 Å². The molecule has 0 bridgehead atoms. The third-order valence-corrected chi connectivity index (χ3v) is 5.02. The van der Waals surface area contributed by atoms with Crippen LogP contribution in [0.1, 0.15) is 5.69 Å². The lowest BCUT2D eigenvalue weighted by molar-refractivity contribution is -0.306. The molecule has 0 amide bonds. The molecule has 0 aliphatic heterocycles. The van der Waals surface area contributed by atoms with Crippen LogP contribution in [0.5, 0.6) is 0 Å². The van der Waals surface area contributed by atoms with Crippen molar-refractivity contribution in [2.45, 2.75) is 17.6 Å². The van der Waals surface area contributed by atoms with Crippen LogP contribution in [0.2, 0.25) is 0 Å². The van der Waals surface area contributed by atoms with Gasteiger partial charge in [-0.2, -0.15) is 18.3 Å². The predicted octanol–water partition coefficient (Wildman–Crippen LogP) is 1.77. The molecule has 2 aromatic carbocycles. The minimum absolute atomic E-state index is 0.0596. The first-order valence-corrected chi connectivity index (χ1v) is 9.69. The van der Waals surface area contributed by atoms with Crippen molar-refractivity contribution in [1.29, 1.82) is 0 Å². The average Bonchev–Trinajstić information content (AvgIpc) is 3.00. The first kappa shape index (κ1) is 21.5. The molecular formula is C18H12F4N3O4S-. The van der Waals surface area contributed by atoms with Gasteiger partial charge in [-0.1, -0.05) is 24.3 Å². The molecule has 0 saturated carbocycles. The van der Waals surface area contributed by atoms with E-state index in [2.05, 4.69) is 5.10 Å². The number of benzene rings is 2. The molecule has 0 atom stereocenters. The number of halogens is 4. The first-order valence-electron chi connectivity index (χ1n) is 8.15. The zero-order valence-corrected chi connectivity index (χ0v) is 15.7. The van der Waals surface area contributed by atoms with E-state index in [0.717, 1.165) is 36.4 Å². The van der Waals surface area contributed by atoms with E-state index in [0.29, 0.717) is 0 Å². The number of primary sulfonamides is 1. The van der Waals surface area contributed by atoms with Gasteiger partial charge < -0.3 is 9.90 Å². The lowest BCUT2D eigenvalue weighted by atomic mass is 9.98. The van der Waals surface area contributed by atoms with Crippen molar-refractivity contribution in [2.75, 3.05) is 0 Å². The lowest BCUT2D eigenvalue weighted by Gasteiger charge is -2.13. The maximum atomic E-state index is 13.8. The number of aromatic nitrogens is 2. The molecule has 0 fully saturated rings. The molecule has 12 heteroatoms. The van der Waals surface area contributed by atoms with Crippen molar-refractivity contribution in [2.24, 2.45) is 5.14 Å². The summed E-state index contributed by atoms with van der Waals surface area (Å²) in [7, 11) is -4.04. The zero-order valence-electron chi connectivity index (χ0n) is 14.9. The number of rotatable bonds is 5. The number of carboxylic acids is 1. The van der Waals surface area contributed by atoms with Crippen LogP contribution in [-0.2, 0) is 27.5 Å². The molecule has 0 saturated heterocycles. The molecule has 1 aromatic heterocycles. The minimum Gasteiger partial charge on any atom is -0.548 e. The van der Waals surface area contributed by atoms with Crippen LogP contribution in [0.3, 0.4) is 0 Å². The van der Waals surface area contributed by atoms with E-state index in [1.54, 1.807) is 0 Å². The summed E-state index contributed by atoms with van der Waals surface area (Å²) in [4.78, 5) is 10.7. The average molecular weight is 442 g/mol. The molecule has 0 spiro atoms. The van der Waals surface area contributed by atoms with Crippen LogP contribution in [0.15, 0.2) is 53.4 Å². The van der Waals surface area contributed by atoms with Gasteiger partial charge in [0.05, 0.1) is 17.4 Å². The first-order chi connectivity index (χ1) is 13.9. The molecule has 3 rings (SSSR count). The Kier molecular flexibility index (Phi) is 5.39. The third kappa shape index (κ3) is 4.33. The molecular weight excluding hydrogens is 430 g/mol. The summed E-state index contributed by atoms with van der Waals surface area (Å²) in [6.45, 7) is -1.18. The molecule has 1 heterocycles. The Balaban J connectivity index is 2.32. The molecule has 0 radical (unpaired) electrons. The Morgan fingerprint density at radius 1 is 1.03 bits per heavy atom. The van der Waals surface area contributed by atoms with Crippen molar-refractivity contribution in [3.63, 3.8) is 0 Å². The number of carboxylic acid groups (broad SMARTS) is 1. The summed E-state index contributed by atoms with van der Waals surface area (Å²) in [5.41, 5.74) is -2.16. The van der Waals surface area contributed by atoms with E-state index < -0.39 is 45.8 Å². The second-order valence-corrected chi connectivity index (χ2v) is 7.74. The molecule has 158 valence electrons. The highest BCUT2D eigenvalue weighted by Gasteiger charge is 2.40. The van der Waals surface area contributed by atoms with E-state index in [-0.39, 0.29) is 26.4 Å². The normalized spacial score (nSPS) is 12.2. The van der Waals surface area contributed by atoms with E-state index in [4.69, 9.17) is 5.14 Å². The van der Waals surface area contributed by atoms with E-state index in [9.17, 15) is 35.9 Å². The van der Waals surface area contributed by atoms with Gasteiger partial charge >= 0.3 is 6.18 Å². The summed E-state index contributed by atoms with van der Waals surface area (Å²) in [6.07, 6.45) is -5.01. The van der Waals surface area contributed by atoms with E-state index in [1.165, 1.54) is 12.1 Å². The van der Waals surface area contributed by atoms with E-state index >= 15 is 0 Å². The molecule has 0 aliphatic rings. The summed E-state index contributed by atoms with van der Waals surface area (Å²) < 4.78 is 77.8. The highest BCUT2D eigenvalue weighted by atomic mass is 32.2. The second kappa shape index (κ2) is 7.54. The number of sulfonamides is 1. The SMILES string of the molecule is NS(=O)(=O)c1ccc(-c2nn(CC(=O)[O-])c(C(F)(F)F)c2-c2ccc(F)cc2)cc1. The predicted molar refractivity (Wildman–Crippen MR) is 94.4 cm³/mol. The zero-order chi connectivity index (χ0) is 22.3. The Morgan fingerprint density at radius 2 is 1.57 bits per heavy atom. The van der Waals surface area contributed by atoms with Gasteiger partial charge in [-0.05, 0) is 29.8 Å². The lowest BCUT2D eigenvalue weighted by Crippen LogP contribution is -2.30. The quantitative estimate of drug-likeness (QED) is 0.605. The number of aliphatic carboxylic acids is 1. The standard InChI is InChI=1S/C18H13F4N3O4S/c19-12-5-1-10(2-6-12)15-16(11-3-7-13(8-4-11)30(23,28)29)24-25(9-14(26)27)17(15)18(20,21)22/h1-8H,9H2,(H,26,27)(H2,23,28,29)/p-1. The molecule has 7 nitrogen and oxygen atoms in total. The number of hydrogen-bond acceptors (Lipinski definition) is 5. The monoisotopic (exact) mass is 442 g/mol. The van der Waals surface area contributed by atoms with Crippen molar-refractivity contribution >= 4 is 16.0 Å². The van der Waals surface area contributed by atoms with Gasteiger partial charge in [0.1, 0.15) is 11.5 Å². The number of alkyl halides is 3. The highest BCUT2D eigenvalue weighted by molar-refractivity contribution is 7.89. The Bertz CT molecular complexity index is 1200. The maximum absolute atomic E-state index is 13.8. The summed E-state index contributed by atoms with van der Waals surface area (Å²) >= 11 is 0. The van der Waals surface area contributed by atoms with Crippen LogP contribution < -0.4 is 10.2 Å². The largest absolute Gasteiger partial charge is 0.548 e. The number of carbonyl (C=O) groups excluding carboxylic acids is 1. The second-order valence-electron chi connectivity index (χ2n) is 6.18. The van der Waals surface area contributed by atoms with Crippen molar-refractivity contribution < 1.29 is 35.9 Å². The molecule has 0 aliphatic carbocycles. The number of hydrogen-bond donors (Lipinski definition) is 1. The fourth-order valence-electron chi connectivity index (χ4n) is 2.88. The van der Waals surface area contributed by atoms with Gasteiger partial charge in [0, 0.05) is 11.1 Å². The highest BCUT2D eigenvalue weighted by Crippen LogP contribution is 2.42. The number of carbonyl (C=O) groups is 1. The molecule has 3 aromatic rings. The van der Waals surface area contributed by atoms with Crippen LogP contribution in [0.4, 0.5) is 17.6 Å². The van der Waals surface area contributed by atoms with Gasteiger partial charge in [-0.3, -0.25) is 4.68 Å². The van der Waals surface area contributed by atoms with Crippen LogP contribution >= 0.6 is 0 Å². The summed E-state index contributed by atoms with van der Waals surface area (Å²) in [6, 6.07) is 8.57. The fraction of sp³-hybridized carbons (Fsp3) is 0.111. The molecule has 2 N–H and O–H groups in total. The van der Waals surface area contributed by atoms with Crippen molar-refractivity contribution in [3.05, 3.63) is 60.0 Å². The summed E-state index contributed by atoms with van der Waals surface area (Å²) in [5.74, 6) is -2.49. The van der Waals surface area contributed by atoms with Crippen LogP contribution in [0.25, 0.3) is 22.4 Å². The number of nitrogens with zero attached hydrogens (tertiary/aromatic N) is 2. The number of nitrogens with two attached hydrogens (primary N) is 1. The maximum Gasteiger partial charge on any atom is 0.433 e. The van der Waals surface area contributed by atoms with Gasteiger partial charge in [0.2, 0.25) is 10.0 Å². The minimum atomic E-state index is -5.01.